The zero-order valence-electron chi connectivity index (χ0n) is 14.2. The summed E-state index contributed by atoms with van der Waals surface area (Å²) < 4.78 is 5.40. The maximum absolute atomic E-state index is 12.3. The number of carbonyl (C=O) groups is 1. The lowest BCUT2D eigenvalue weighted by Gasteiger charge is -2.30. The molecule has 6 heteroatoms. The minimum atomic E-state index is -0.0996. The van der Waals surface area contributed by atoms with Crippen LogP contribution in [0.25, 0.3) is 0 Å². The van der Waals surface area contributed by atoms with Crippen LogP contribution in [-0.2, 0) is 9.53 Å². The lowest BCUT2D eigenvalue weighted by molar-refractivity contribution is -0.114. The van der Waals surface area contributed by atoms with Gasteiger partial charge in [-0.15, -0.1) is 0 Å². The van der Waals surface area contributed by atoms with E-state index in [1.807, 2.05) is 49.4 Å². The molecule has 0 bridgehead atoms. The summed E-state index contributed by atoms with van der Waals surface area (Å²) in [7, 11) is 0. The molecule has 132 valence electrons. The Bertz CT molecular complexity index is 745. The average molecular weight is 360 g/mol. The molecule has 2 N–H and O–H groups in total. The lowest BCUT2D eigenvalue weighted by atomic mass is 10.2. The molecule has 0 aromatic heterocycles. The third-order valence-corrected chi connectivity index (χ3v) is 4.56. The zero-order valence-corrected chi connectivity index (χ0v) is 15.0. The van der Waals surface area contributed by atoms with Crippen molar-refractivity contribution < 1.29 is 9.53 Å². The molecule has 0 spiro atoms. The number of benzene rings is 2. The molecule has 2 aromatic carbocycles. The van der Waals surface area contributed by atoms with Gasteiger partial charge in [-0.1, -0.05) is 29.8 Å². The Balaban J connectivity index is 1.61. The van der Waals surface area contributed by atoms with E-state index in [1.165, 1.54) is 0 Å². The fourth-order valence-electron chi connectivity index (χ4n) is 2.74. The summed E-state index contributed by atoms with van der Waals surface area (Å²) in [6, 6.07) is 13.5. The van der Waals surface area contributed by atoms with Gasteiger partial charge in [-0.2, -0.15) is 0 Å². The summed E-state index contributed by atoms with van der Waals surface area (Å²) in [4.78, 5) is 14.6. The van der Waals surface area contributed by atoms with Gasteiger partial charge in [0.2, 0.25) is 5.91 Å². The van der Waals surface area contributed by atoms with Gasteiger partial charge >= 0.3 is 0 Å². The van der Waals surface area contributed by atoms with Crippen LogP contribution in [0, 0.1) is 6.92 Å². The molecule has 1 saturated heterocycles. The largest absolute Gasteiger partial charge is 0.378 e. The average Bonchev–Trinajstić information content (AvgIpc) is 2.64. The Morgan fingerprint density at radius 3 is 2.72 bits per heavy atom. The molecule has 0 unspecified atom stereocenters. The van der Waals surface area contributed by atoms with E-state index in [2.05, 4.69) is 15.5 Å². The number of nitrogens with zero attached hydrogens (tertiary/aromatic N) is 1. The zero-order chi connectivity index (χ0) is 17.6. The number of amides is 1. The number of ether oxygens (including phenoxy) is 1. The molecule has 0 atom stereocenters. The van der Waals surface area contributed by atoms with Gasteiger partial charge in [-0.05, 0) is 36.8 Å². The van der Waals surface area contributed by atoms with Gasteiger partial charge in [0.05, 0.1) is 31.1 Å². The number of nitrogens with one attached hydrogen (secondary N) is 2. The third kappa shape index (κ3) is 4.65. The third-order valence-electron chi connectivity index (χ3n) is 4.15. The van der Waals surface area contributed by atoms with E-state index in [-0.39, 0.29) is 12.5 Å². The molecule has 0 saturated carbocycles. The Hall–Kier alpha value is -2.24. The van der Waals surface area contributed by atoms with Crippen molar-refractivity contribution in [1.82, 2.24) is 0 Å². The summed E-state index contributed by atoms with van der Waals surface area (Å²) in [6.07, 6.45) is 0. The predicted molar refractivity (Wildman–Crippen MR) is 103 cm³/mol. The van der Waals surface area contributed by atoms with Crippen LogP contribution >= 0.6 is 11.6 Å². The highest BCUT2D eigenvalue weighted by Crippen LogP contribution is 2.26. The van der Waals surface area contributed by atoms with E-state index in [0.717, 1.165) is 35.7 Å². The van der Waals surface area contributed by atoms with Gasteiger partial charge in [-0.3, -0.25) is 4.79 Å². The highest BCUT2D eigenvalue weighted by atomic mass is 35.5. The molecule has 1 aliphatic rings. The molecule has 1 amide bonds. The maximum Gasteiger partial charge on any atom is 0.243 e. The number of morpholine rings is 1. The number of hydrogen-bond acceptors (Lipinski definition) is 4. The van der Waals surface area contributed by atoms with Gasteiger partial charge < -0.3 is 20.3 Å². The molecule has 1 heterocycles. The molecule has 25 heavy (non-hydrogen) atoms. The van der Waals surface area contributed by atoms with Crippen LogP contribution in [0.1, 0.15) is 5.56 Å². The summed E-state index contributed by atoms with van der Waals surface area (Å²) in [5.74, 6) is -0.0996. The SMILES string of the molecule is Cc1ccc(NCC(=O)Nc2ccccc2N2CCOCC2)cc1Cl. The van der Waals surface area contributed by atoms with Crippen molar-refractivity contribution in [3.63, 3.8) is 0 Å². The monoisotopic (exact) mass is 359 g/mol. The number of anilines is 3. The number of rotatable bonds is 5. The van der Waals surface area contributed by atoms with Gasteiger partial charge in [0, 0.05) is 23.8 Å². The van der Waals surface area contributed by atoms with E-state index >= 15 is 0 Å². The molecule has 1 fully saturated rings. The van der Waals surface area contributed by atoms with Crippen molar-refractivity contribution in [1.29, 1.82) is 0 Å². The Labute approximate surface area is 152 Å². The smallest absolute Gasteiger partial charge is 0.243 e. The topological polar surface area (TPSA) is 53.6 Å². The van der Waals surface area contributed by atoms with Crippen LogP contribution in [0.3, 0.4) is 0 Å². The van der Waals surface area contributed by atoms with Crippen molar-refractivity contribution in [2.75, 3.05) is 48.4 Å². The first-order valence-corrected chi connectivity index (χ1v) is 8.73. The molecule has 1 aliphatic heterocycles. The second-order valence-corrected chi connectivity index (χ2v) is 6.39. The fourth-order valence-corrected chi connectivity index (χ4v) is 2.92. The minimum Gasteiger partial charge on any atom is -0.378 e. The van der Waals surface area contributed by atoms with Crippen LogP contribution in [0.15, 0.2) is 42.5 Å². The maximum atomic E-state index is 12.3. The standard InChI is InChI=1S/C19H22ClN3O2/c1-14-6-7-15(12-16(14)20)21-13-19(24)22-17-4-2-3-5-18(17)23-8-10-25-11-9-23/h2-7,12,21H,8-11,13H2,1H3,(H,22,24). The number of aryl methyl sites for hydroxylation is 1. The number of para-hydroxylation sites is 2. The van der Waals surface area contributed by atoms with Crippen LogP contribution in [0.2, 0.25) is 5.02 Å². The summed E-state index contributed by atoms with van der Waals surface area (Å²) >= 11 is 6.11. The second-order valence-electron chi connectivity index (χ2n) is 5.98. The Morgan fingerprint density at radius 2 is 1.96 bits per heavy atom. The van der Waals surface area contributed by atoms with Crippen molar-refractivity contribution in [3.05, 3.63) is 53.1 Å². The van der Waals surface area contributed by atoms with E-state index < -0.39 is 0 Å². The summed E-state index contributed by atoms with van der Waals surface area (Å²) in [5, 5.41) is 6.77. The van der Waals surface area contributed by atoms with Crippen molar-refractivity contribution in [3.8, 4) is 0 Å². The highest BCUT2D eigenvalue weighted by Gasteiger charge is 2.15. The van der Waals surface area contributed by atoms with Crippen molar-refractivity contribution in [2.45, 2.75) is 6.92 Å². The molecule has 3 rings (SSSR count). The number of carbonyl (C=O) groups excluding carboxylic acids is 1. The van der Waals surface area contributed by atoms with Crippen LogP contribution in [0.4, 0.5) is 17.1 Å². The van der Waals surface area contributed by atoms with E-state index in [0.29, 0.717) is 18.2 Å². The van der Waals surface area contributed by atoms with Gasteiger partial charge in [0.1, 0.15) is 0 Å². The Kier molecular flexibility index (Phi) is 5.79. The lowest BCUT2D eigenvalue weighted by Crippen LogP contribution is -2.37. The van der Waals surface area contributed by atoms with Gasteiger partial charge in [0.15, 0.2) is 0 Å². The molecular formula is C19H22ClN3O2. The van der Waals surface area contributed by atoms with E-state index in [9.17, 15) is 4.79 Å². The van der Waals surface area contributed by atoms with Crippen LogP contribution in [0.5, 0.6) is 0 Å². The van der Waals surface area contributed by atoms with Crippen LogP contribution < -0.4 is 15.5 Å². The molecule has 2 aromatic rings. The van der Waals surface area contributed by atoms with Crippen molar-refractivity contribution >= 4 is 34.6 Å². The van der Waals surface area contributed by atoms with Crippen LogP contribution in [-0.4, -0.2) is 38.8 Å². The molecule has 5 nitrogen and oxygen atoms in total. The molecule has 0 aliphatic carbocycles. The van der Waals surface area contributed by atoms with Gasteiger partial charge in [0.25, 0.3) is 0 Å². The first-order valence-electron chi connectivity index (χ1n) is 8.35. The van der Waals surface area contributed by atoms with Gasteiger partial charge in [-0.25, -0.2) is 0 Å². The van der Waals surface area contributed by atoms with E-state index in [1.54, 1.807) is 0 Å². The predicted octanol–water partition coefficient (Wildman–Crippen LogP) is 3.54. The first kappa shape index (κ1) is 17.6. The highest BCUT2D eigenvalue weighted by molar-refractivity contribution is 6.31. The molecule has 0 radical (unpaired) electrons. The Morgan fingerprint density at radius 1 is 1.20 bits per heavy atom. The first-order chi connectivity index (χ1) is 12.1. The quantitative estimate of drug-likeness (QED) is 0.857. The van der Waals surface area contributed by atoms with E-state index in [4.69, 9.17) is 16.3 Å². The number of halogens is 1. The minimum absolute atomic E-state index is 0.0996. The fraction of sp³-hybridized carbons (Fsp3) is 0.316. The summed E-state index contributed by atoms with van der Waals surface area (Å²) in [6.45, 7) is 5.19. The normalized spacial score (nSPS) is 14.2. The summed E-state index contributed by atoms with van der Waals surface area (Å²) in [5.41, 5.74) is 3.68. The van der Waals surface area contributed by atoms with Crippen molar-refractivity contribution in [2.24, 2.45) is 0 Å². The second kappa shape index (κ2) is 8.23. The molecular weight excluding hydrogens is 338 g/mol. The number of hydrogen-bond donors (Lipinski definition) is 2.